The van der Waals surface area contributed by atoms with Gasteiger partial charge >= 0.3 is 12.1 Å². The van der Waals surface area contributed by atoms with Crippen LogP contribution < -0.4 is 4.52 Å². The SMILES string of the molecule is CCOC(=O)C(C)OP(CCN1CCN(C(=O)OC(C)(C)C)CC1)Oc1ccccc1. The quantitative estimate of drug-likeness (QED) is 0.414. The number of para-hydroxylation sites is 1. The summed E-state index contributed by atoms with van der Waals surface area (Å²) in [6, 6.07) is 9.45. The van der Waals surface area contributed by atoms with E-state index in [4.69, 9.17) is 18.5 Å². The molecule has 2 rings (SSSR count). The van der Waals surface area contributed by atoms with Crippen molar-refractivity contribution in [2.75, 3.05) is 45.5 Å². The molecule has 1 aliphatic rings. The molecule has 1 aromatic rings. The average molecular weight is 455 g/mol. The molecule has 0 N–H and O–H groups in total. The summed E-state index contributed by atoms with van der Waals surface area (Å²) in [6.45, 7) is 12.9. The number of piperazine rings is 1. The third-order valence-electron chi connectivity index (χ3n) is 4.47. The summed E-state index contributed by atoms with van der Waals surface area (Å²) in [5.41, 5.74) is -0.494. The molecule has 0 bridgehead atoms. The van der Waals surface area contributed by atoms with Crippen molar-refractivity contribution < 1.29 is 28.1 Å². The Balaban J connectivity index is 1.86. The number of carbonyl (C=O) groups is 2. The van der Waals surface area contributed by atoms with Crippen LogP contribution >= 0.6 is 8.38 Å². The maximum atomic E-state index is 12.2. The lowest BCUT2D eigenvalue weighted by Gasteiger charge is -2.36. The fourth-order valence-electron chi connectivity index (χ4n) is 2.90. The highest BCUT2D eigenvalue weighted by molar-refractivity contribution is 7.47. The molecule has 31 heavy (non-hydrogen) atoms. The lowest BCUT2D eigenvalue weighted by Crippen LogP contribution is -2.50. The van der Waals surface area contributed by atoms with Gasteiger partial charge in [-0.25, -0.2) is 9.59 Å². The van der Waals surface area contributed by atoms with E-state index in [1.54, 1.807) is 18.7 Å². The Labute approximate surface area is 186 Å². The van der Waals surface area contributed by atoms with Crippen LogP contribution in [0.1, 0.15) is 34.6 Å². The predicted octanol–water partition coefficient (Wildman–Crippen LogP) is 3.90. The monoisotopic (exact) mass is 454 g/mol. The van der Waals surface area contributed by atoms with Gasteiger partial charge < -0.3 is 23.4 Å². The molecule has 174 valence electrons. The molecule has 0 spiro atoms. The molecule has 2 unspecified atom stereocenters. The molecule has 1 heterocycles. The highest BCUT2D eigenvalue weighted by atomic mass is 31.2. The van der Waals surface area contributed by atoms with Gasteiger partial charge in [-0.3, -0.25) is 4.90 Å². The zero-order chi connectivity index (χ0) is 22.9. The highest BCUT2D eigenvalue weighted by Gasteiger charge is 2.27. The molecule has 1 aliphatic heterocycles. The van der Waals surface area contributed by atoms with Gasteiger partial charge in [-0.05, 0) is 46.8 Å². The zero-order valence-corrected chi connectivity index (χ0v) is 20.1. The van der Waals surface area contributed by atoms with Crippen LogP contribution in [0.5, 0.6) is 5.75 Å². The molecule has 8 nitrogen and oxygen atoms in total. The summed E-state index contributed by atoms with van der Waals surface area (Å²) in [7, 11) is -1.33. The molecule has 0 radical (unpaired) electrons. The van der Waals surface area contributed by atoms with Gasteiger partial charge in [0.2, 0.25) is 8.38 Å². The smallest absolute Gasteiger partial charge is 0.410 e. The Hall–Kier alpha value is -1.89. The van der Waals surface area contributed by atoms with Crippen molar-refractivity contribution in [1.29, 1.82) is 0 Å². The van der Waals surface area contributed by atoms with E-state index in [9.17, 15) is 9.59 Å². The number of ether oxygens (including phenoxy) is 2. The third-order valence-corrected chi connectivity index (χ3v) is 6.00. The van der Waals surface area contributed by atoms with Crippen molar-refractivity contribution in [2.45, 2.75) is 46.3 Å². The van der Waals surface area contributed by atoms with E-state index in [0.717, 1.165) is 19.6 Å². The van der Waals surface area contributed by atoms with Gasteiger partial charge in [-0.15, -0.1) is 0 Å². The maximum Gasteiger partial charge on any atom is 0.410 e. The molecule has 1 amide bonds. The molecule has 9 heteroatoms. The first-order valence-corrected chi connectivity index (χ1v) is 12.1. The van der Waals surface area contributed by atoms with Crippen LogP contribution in [-0.2, 0) is 18.8 Å². The molecular weight excluding hydrogens is 419 g/mol. The highest BCUT2D eigenvalue weighted by Crippen LogP contribution is 2.40. The Morgan fingerprint density at radius 1 is 1.10 bits per heavy atom. The van der Waals surface area contributed by atoms with Crippen LogP contribution in [0.3, 0.4) is 0 Å². The second-order valence-electron chi connectivity index (χ2n) is 8.27. The first-order valence-electron chi connectivity index (χ1n) is 10.7. The van der Waals surface area contributed by atoms with E-state index in [1.807, 2.05) is 51.1 Å². The summed E-state index contributed by atoms with van der Waals surface area (Å²) >= 11 is 0. The van der Waals surface area contributed by atoms with Gasteiger partial charge in [-0.2, -0.15) is 0 Å². The lowest BCUT2D eigenvalue weighted by atomic mass is 10.2. The molecule has 0 saturated carbocycles. The molecule has 2 atom stereocenters. The number of hydrogen-bond donors (Lipinski definition) is 0. The molecule has 0 aromatic heterocycles. The number of carbonyl (C=O) groups excluding carboxylic acids is 2. The second kappa shape index (κ2) is 12.2. The van der Waals surface area contributed by atoms with E-state index < -0.39 is 26.0 Å². The minimum Gasteiger partial charge on any atom is -0.464 e. The summed E-state index contributed by atoms with van der Waals surface area (Å²) in [5, 5.41) is 0. The van der Waals surface area contributed by atoms with Crippen molar-refractivity contribution in [3.8, 4) is 5.75 Å². The molecular formula is C22H35N2O6P. The Morgan fingerprint density at radius 2 is 1.74 bits per heavy atom. The number of nitrogens with zero attached hydrogens (tertiary/aromatic N) is 2. The van der Waals surface area contributed by atoms with Crippen LogP contribution in [-0.4, -0.2) is 79.1 Å². The topological polar surface area (TPSA) is 77.5 Å². The Bertz CT molecular complexity index is 689. The Kier molecular flexibility index (Phi) is 10.0. The fourth-order valence-corrected chi connectivity index (χ4v) is 4.38. The Morgan fingerprint density at radius 3 is 2.32 bits per heavy atom. The van der Waals surface area contributed by atoms with Gasteiger partial charge in [0.15, 0.2) is 6.10 Å². The van der Waals surface area contributed by atoms with Crippen LogP contribution in [0, 0.1) is 0 Å². The first kappa shape index (κ1) is 25.4. The standard InChI is InChI=1S/C22H35N2O6P/c1-6-27-20(25)18(2)29-31(30-19-10-8-7-9-11-19)17-16-23-12-14-24(15-13-23)21(26)28-22(3,4)5/h7-11,18H,6,12-17H2,1-5H3. The summed E-state index contributed by atoms with van der Waals surface area (Å²) in [6.07, 6.45) is -0.326. The number of amides is 1. The van der Waals surface area contributed by atoms with Crippen molar-refractivity contribution in [1.82, 2.24) is 9.80 Å². The summed E-state index contributed by atoms with van der Waals surface area (Å²) in [4.78, 5) is 28.2. The number of rotatable bonds is 9. The van der Waals surface area contributed by atoms with Crippen molar-refractivity contribution in [3.63, 3.8) is 0 Å². The normalized spacial score (nSPS) is 17.0. The van der Waals surface area contributed by atoms with Gasteiger partial charge in [0.05, 0.1) is 6.61 Å². The van der Waals surface area contributed by atoms with Crippen molar-refractivity contribution in [2.24, 2.45) is 0 Å². The molecule has 1 saturated heterocycles. The summed E-state index contributed by atoms with van der Waals surface area (Å²) < 4.78 is 22.5. The predicted molar refractivity (Wildman–Crippen MR) is 120 cm³/mol. The fraction of sp³-hybridized carbons (Fsp3) is 0.636. The number of esters is 1. The second-order valence-corrected chi connectivity index (χ2v) is 9.78. The third kappa shape index (κ3) is 9.42. The van der Waals surface area contributed by atoms with Gasteiger partial charge in [0, 0.05) is 38.9 Å². The summed E-state index contributed by atoms with van der Waals surface area (Å²) in [5.74, 6) is 0.317. The molecule has 1 aromatic carbocycles. The van der Waals surface area contributed by atoms with E-state index >= 15 is 0 Å². The van der Waals surface area contributed by atoms with E-state index in [-0.39, 0.29) is 6.09 Å². The van der Waals surface area contributed by atoms with Crippen LogP contribution in [0.15, 0.2) is 30.3 Å². The number of hydrogen-bond acceptors (Lipinski definition) is 7. The molecule has 0 aliphatic carbocycles. The average Bonchev–Trinajstić information content (AvgIpc) is 2.72. The van der Waals surface area contributed by atoms with Crippen LogP contribution in [0.4, 0.5) is 4.79 Å². The van der Waals surface area contributed by atoms with E-state index in [0.29, 0.717) is 31.6 Å². The van der Waals surface area contributed by atoms with Crippen LogP contribution in [0.2, 0.25) is 0 Å². The van der Waals surface area contributed by atoms with Crippen molar-refractivity contribution >= 4 is 20.4 Å². The maximum absolute atomic E-state index is 12.2. The largest absolute Gasteiger partial charge is 0.464 e. The lowest BCUT2D eigenvalue weighted by molar-refractivity contribution is -0.150. The van der Waals surface area contributed by atoms with Gasteiger partial charge in [0.1, 0.15) is 11.4 Å². The number of benzene rings is 1. The van der Waals surface area contributed by atoms with E-state index in [1.165, 1.54) is 0 Å². The van der Waals surface area contributed by atoms with Gasteiger partial charge in [-0.1, -0.05) is 18.2 Å². The minimum atomic E-state index is -1.33. The van der Waals surface area contributed by atoms with Gasteiger partial charge in [0.25, 0.3) is 0 Å². The minimum absolute atomic E-state index is 0.270. The first-order chi connectivity index (χ1) is 14.7. The van der Waals surface area contributed by atoms with Crippen molar-refractivity contribution in [3.05, 3.63) is 30.3 Å². The van der Waals surface area contributed by atoms with Crippen LogP contribution in [0.25, 0.3) is 0 Å². The zero-order valence-electron chi connectivity index (χ0n) is 19.2. The van der Waals surface area contributed by atoms with E-state index in [2.05, 4.69) is 4.90 Å². The molecule has 1 fully saturated rings.